The van der Waals surface area contributed by atoms with E-state index >= 15 is 0 Å². The fourth-order valence-corrected chi connectivity index (χ4v) is 12.7. The fraction of sp³-hybridized carbons (Fsp3) is 1.00. The third-order valence-corrected chi connectivity index (χ3v) is 18.6. The van der Waals surface area contributed by atoms with E-state index in [1.54, 1.807) is 0 Å². The second-order valence-electron chi connectivity index (χ2n) is 21.0. The molecule has 452 valence electrons. The molecular weight excluding hydrogens is 1070 g/mol. The molecule has 0 saturated heterocycles. The Morgan fingerprint density at radius 2 is 0.813 bits per heavy atom. The number of aliphatic hydroxyl groups excluding tert-OH is 9. The third-order valence-electron chi connectivity index (χ3n) is 13.4. The van der Waals surface area contributed by atoms with Crippen molar-refractivity contribution in [1.82, 2.24) is 16.0 Å². The Balaban J connectivity index is 6.53. The molecule has 0 aliphatic heterocycles. The van der Waals surface area contributed by atoms with E-state index in [2.05, 4.69) is 22.9 Å². The molecule has 13 N–H and O–H groups in total. The number of nitrogens with one attached hydrogen (secondary N) is 3. The molecule has 0 aromatic heterocycles. The van der Waals surface area contributed by atoms with Gasteiger partial charge < -0.3 is 88.8 Å². The first kappa shape index (κ1) is 74.3. The average molecular weight is 1170 g/mol. The minimum Gasteiger partial charge on any atom is -0.748 e. The lowest BCUT2D eigenvalue weighted by molar-refractivity contribution is -0.890. The summed E-state index contributed by atoms with van der Waals surface area (Å²) in [6.07, 6.45) is 14.4. The van der Waals surface area contributed by atoms with Crippen molar-refractivity contribution in [3.05, 3.63) is 0 Å². The van der Waals surface area contributed by atoms with Gasteiger partial charge in [-0.1, -0.05) is 96.8 Å². The second kappa shape index (κ2) is 38.9. The number of aliphatic hydroxyl groups is 9. The third kappa shape index (κ3) is 37.0. The zero-order chi connectivity index (χ0) is 57.1. The second-order valence-corrected chi connectivity index (χ2v) is 28.2. The topological polar surface area (TPSA) is 415 Å². The van der Waals surface area contributed by atoms with Crippen LogP contribution >= 0.6 is 0 Å². The van der Waals surface area contributed by atoms with Crippen molar-refractivity contribution in [2.45, 2.75) is 170 Å². The van der Waals surface area contributed by atoms with Gasteiger partial charge in [0.25, 0.3) is 10.1 Å². The lowest BCUT2D eigenvalue weighted by Gasteiger charge is -2.39. The van der Waals surface area contributed by atoms with Crippen LogP contribution in [0.5, 0.6) is 0 Å². The number of rotatable bonds is 53. The Morgan fingerprint density at radius 1 is 0.493 bits per heavy atom. The maximum Gasteiger partial charge on any atom is 0.501 e. The Labute approximate surface area is 449 Å². The number of unbranched alkanes of at least 4 members (excludes halogenated alkanes) is 15. The minimum atomic E-state index is -4.89. The Hall–Kier alpha value is -0.693. The van der Waals surface area contributed by atoms with Crippen LogP contribution in [0.25, 0.3) is 0 Å². The lowest BCUT2D eigenvalue weighted by atomic mass is 9.97. The van der Waals surface area contributed by atoms with E-state index < -0.39 is 170 Å². The Bertz CT molecular complexity index is 1720. The molecule has 0 heterocycles. The molecule has 0 rings (SSSR count). The van der Waals surface area contributed by atoms with Crippen LogP contribution in [-0.4, -0.2) is 257 Å². The summed E-state index contributed by atoms with van der Waals surface area (Å²) >= 11 is 0. The van der Waals surface area contributed by atoms with Crippen LogP contribution in [0.4, 0.5) is 0 Å². The van der Waals surface area contributed by atoms with Gasteiger partial charge in [-0.2, -0.15) is 8.42 Å². The molecule has 0 aliphatic carbocycles. The van der Waals surface area contributed by atoms with Crippen LogP contribution in [0, 0.1) is 0 Å². The van der Waals surface area contributed by atoms with Gasteiger partial charge in [-0.3, -0.25) is 4.55 Å². The highest BCUT2D eigenvalue weighted by Gasteiger charge is 2.46. The molecular formula is C46H99N4O21S3Si-. The van der Waals surface area contributed by atoms with E-state index in [9.17, 15) is 84.9 Å². The SMILES string of the molecule is CCCCCCCCCCCCCCCCCC[N+](C)(C)CCC[Si](OCCC(CO)(CO)NCC(O)CS(=O)(=O)[O-])(OCCC(CO)(CO)NCC(O)CS(=O)(=O)O)OCC(CO)(CO)NCC(O)CS(=O)(=O)[O-]. The van der Waals surface area contributed by atoms with E-state index in [0.29, 0.717) is 17.4 Å². The monoisotopic (exact) mass is 1170 g/mol. The Morgan fingerprint density at radius 3 is 1.15 bits per heavy atom. The molecule has 0 radical (unpaired) electrons. The average Bonchev–Trinajstić information content (AvgIpc) is 3.32. The maximum absolute atomic E-state index is 11.4. The summed E-state index contributed by atoms with van der Waals surface area (Å²) in [5, 5.41) is 102. The maximum atomic E-state index is 11.4. The number of β-amino-alcohol motifs (C(OH)–C–C–N with tert-alkyl or cyclic N) is 3. The molecule has 4 unspecified atom stereocenters. The number of hydrogen-bond donors (Lipinski definition) is 13. The van der Waals surface area contributed by atoms with Crippen molar-refractivity contribution in [3.8, 4) is 0 Å². The summed E-state index contributed by atoms with van der Waals surface area (Å²) in [7, 11) is -14.6. The molecule has 4 atom stereocenters. The van der Waals surface area contributed by atoms with Gasteiger partial charge in [0, 0.05) is 45.3 Å². The van der Waals surface area contributed by atoms with Crippen LogP contribution in [0.3, 0.4) is 0 Å². The zero-order valence-corrected chi connectivity index (χ0v) is 48.5. The van der Waals surface area contributed by atoms with Gasteiger partial charge in [0.05, 0.1) is 140 Å². The van der Waals surface area contributed by atoms with Crippen LogP contribution in [0.15, 0.2) is 0 Å². The van der Waals surface area contributed by atoms with Crippen LogP contribution in [0.2, 0.25) is 6.04 Å². The van der Waals surface area contributed by atoms with E-state index in [4.69, 9.17) is 13.3 Å². The number of hydrogen-bond acceptors (Lipinski definition) is 23. The van der Waals surface area contributed by atoms with E-state index in [1.807, 2.05) is 14.1 Å². The largest absolute Gasteiger partial charge is 0.748 e. The van der Waals surface area contributed by atoms with Gasteiger partial charge in [0.2, 0.25) is 0 Å². The quantitative estimate of drug-likeness (QED) is 0.0142. The van der Waals surface area contributed by atoms with Gasteiger partial charge in [0.15, 0.2) is 0 Å². The summed E-state index contributed by atoms with van der Waals surface area (Å²) in [4.78, 5) is 0. The zero-order valence-electron chi connectivity index (χ0n) is 45.0. The molecule has 0 saturated carbocycles. The van der Waals surface area contributed by atoms with Crippen LogP contribution < -0.4 is 16.0 Å². The molecule has 75 heavy (non-hydrogen) atoms. The van der Waals surface area contributed by atoms with Crippen molar-refractivity contribution in [1.29, 1.82) is 0 Å². The predicted molar refractivity (Wildman–Crippen MR) is 282 cm³/mol. The molecule has 0 spiro atoms. The van der Waals surface area contributed by atoms with Crippen LogP contribution in [0.1, 0.15) is 129 Å². The first-order valence-corrected chi connectivity index (χ1v) is 33.3. The van der Waals surface area contributed by atoms with Crippen molar-refractivity contribution >= 4 is 39.2 Å². The van der Waals surface area contributed by atoms with Crippen molar-refractivity contribution in [3.63, 3.8) is 0 Å². The van der Waals surface area contributed by atoms with E-state index in [1.165, 1.54) is 77.0 Å². The summed E-state index contributed by atoms with van der Waals surface area (Å²) in [5.74, 6) is -3.42. The molecule has 25 nitrogen and oxygen atoms in total. The fourth-order valence-electron chi connectivity index (χ4n) is 8.33. The van der Waals surface area contributed by atoms with Crippen molar-refractivity contribution in [2.75, 3.05) is 124 Å². The number of quaternary nitrogens is 1. The smallest absolute Gasteiger partial charge is 0.501 e. The molecule has 0 amide bonds. The lowest BCUT2D eigenvalue weighted by Crippen LogP contribution is -2.61. The molecule has 0 aromatic carbocycles. The van der Waals surface area contributed by atoms with Gasteiger partial charge in [-0.15, -0.1) is 0 Å². The summed E-state index contributed by atoms with van der Waals surface area (Å²) < 4.78 is 120. The van der Waals surface area contributed by atoms with Gasteiger partial charge in [0.1, 0.15) is 5.75 Å². The van der Waals surface area contributed by atoms with Gasteiger partial charge in [-0.25, -0.2) is 16.8 Å². The highest BCUT2D eigenvalue weighted by atomic mass is 32.2. The standard InChI is InChI=1S/C46H100N4O21S3Si/c1-4-5-6-7-8-9-10-11-12-13-14-15-16-17-18-19-23-50(2,3)24-20-27-75(71-40-46(38-55,39-56)49-30-43(59)33-74(66,67)68,69-25-21-44(34-51,35-52)47-28-41(57)31-72(60,61)62)70-26-22-45(36-53,37-54)48-29-42(58)32-73(63,64)65/h41-43,47-49,51-59H,4-40H2,1-3H3,(H2-,60,61,62,63,64,65,66,67,68)/p-1. The molecule has 0 bridgehead atoms. The number of nitrogens with zero attached hydrogens (tertiary/aromatic N) is 1. The van der Waals surface area contributed by atoms with E-state index in [-0.39, 0.29) is 18.9 Å². The van der Waals surface area contributed by atoms with Crippen molar-refractivity contribution in [2.24, 2.45) is 0 Å². The van der Waals surface area contributed by atoms with Crippen LogP contribution in [-0.2, 0) is 43.6 Å². The highest BCUT2D eigenvalue weighted by Crippen LogP contribution is 2.26. The van der Waals surface area contributed by atoms with Gasteiger partial charge >= 0.3 is 8.80 Å². The molecule has 0 fully saturated rings. The summed E-state index contributed by atoms with van der Waals surface area (Å²) in [6.45, 7) is -4.48. The highest BCUT2D eigenvalue weighted by molar-refractivity contribution is 7.86. The molecule has 0 aromatic rings. The molecule has 0 aliphatic rings. The first-order chi connectivity index (χ1) is 35.1. The molecule has 29 heteroatoms. The minimum absolute atomic E-state index is 0.00211. The first-order valence-electron chi connectivity index (χ1n) is 26.6. The normalized spacial score (nSPS) is 15.6. The Kier molecular flexibility index (Phi) is 38.5. The van der Waals surface area contributed by atoms with Gasteiger partial charge in [-0.05, 0) is 25.7 Å². The van der Waals surface area contributed by atoms with Crippen molar-refractivity contribution < 1.29 is 103 Å². The van der Waals surface area contributed by atoms with E-state index in [0.717, 1.165) is 32.2 Å². The summed E-state index contributed by atoms with van der Waals surface area (Å²) in [5.41, 5.74) is -5.14. The predicted octanol–water partition coefficient (Wildman–Crippen LogP) is -1.52. The summed E-state index contributed by atoms with van der Waals surface area (Å²) in [6, 6.07) is 0.00211.